The molecule has 0 bridgehead atoms. The molecule has 0 spiro atoms. The Kier molecular flexibility index (Phi) is 19.9. The lowest BCUT2D eigenvalue weighted by molar-refractivity contribution is -0.300. The fraction of sp³-hybridized carbons (Fsp3) is 0.500. The van der Waals surface area contributed by atoms with Gasteiger partial charge in [-0.1, -0.05) is 56.3 Å². The van der Waals surface area contributed by atoms with Crippen LogP contribution in [0.15, 0.2) is 54.6 Å². The Morgan fingerprint density at radius 2 is 1.21 bits per heavy atom. The van der Waals surface area contributed by atoms with Crippen molar-refractivity contribution in [1.82, 2.24) is 21.3 Å². The van der Waals surface area contributed by atoms with E-state index in [1.165, 1.54) is 12.1 Å². The average Bonchev–Trinajstić information content (AvgIpc) is 3.20. The van der Waals surface area contributed by atoms with Crippen molar-refractivity contribution in [2.75, 3.05) is 19.7 Å². The molecule has 3 rings (SSSR count). The first-order valence-electron chi connectivity index (χ1n) is 19.9. The Balaban J connectivity index is 1.72. The van der Waals surface area contributed by atoms with Crippen LogP contribution in [0.3, 0.4) is 0 Å². The van der Waals surface area contributed by atoms with Gasteiger partial charge in [-0.3, -0.25) is 38.4 Å². The summed E-state index contributed by atoms with van der Waals surface area (Å²) < 4.78 is 32.6. The molecule has 63 heavy (non-hydrogen) atoms. The van der Waals surface area contributed by atoms with E-state index in [1.54, 1.807) is 56.3 Å². The van der Waals surface area contributed by atoms with Crippen LogP contribution in [0.5, 0.6) is 5.75 Å². The zero-order valence-electron chi connectivity index (χ0n) is 35.8. The Morgan fingerprint density at radius 1 is 0.651 bits per heavy atom. The molecule has 2 aromatic rings. The van der Waals surface area contributed by atoms with E-state index in [0.717, 1.165) is 27.7 Å². The van der Waals surface area contributed by atoms with Crippen molar-refractivity contribution < 1.29 is 76.7 Å². The van der Waals surface area contributed by atoms with Crippen molar-refractivity contribution in [2.24, 2.45) is 11.7 Å². The molecule has 0 saturated carbocycles. The summed E-state index contributed by atoms with van der Waals surface area (Å²) in [6.07, 6.45) is -7.77. The monoisotopic (exact) mass is 885 g/mol. The molecule has 4 amide bonds. The normalized spacial score (nSPS) is 19.5. The van der Waals surface area contributed by atoms with Gasteiger partial charge in [-0.25, -0.2) is 4.79 Å². The minimum atomic E-state index is -1.70. The number of hydrogen-bond acceptors (Lipinski definition) is 17. The molecule has 344 valence electrons. The molecular formula is C42H55N5O16. The van der Waals surface area contributed by atoms with Crippen molar-refractivity contribution in [3.63, 3.8) is 0 Å². The summed E-state index contributed by atoms with van der Waals surface area (Å²) in [6.45, 7) is 5.89. The maximum absolute atomic E-state index is 13.9. The van der Waals surface area contributed by atoms with E-state index in [4.69, 9.17) is 34.2 Å². The van der Waals surface area contributed by atoms with Gasteiger partial charge in [-0.05, 0) is 42.0 Å². The SMILES string of the molecule is CC(=O)O[C@@H]1O[C@H](COC(=O)[C@H](CC(C)C)NC(=O)[C@H](Cc2ccccc2)NC(=O)CNC(=O)CNC(=O)[C@@H](N)Cc2ccc(O)cc2)[C@@H](OC(C)=O)[C@H](OC(C)=O)[C@H]1OC(C)=O. The number of hydrogen-bond donors (Lipinski definition) is 6. The molecule has 8 atom stereocenters. The number of nitrogens with one attached hydrogen (secondary N) is 4. The van der Waals surface area contributed by atoms with Crippen LogP contribution in [0.4, 0.5) is 0 Å². The first-order chi connectivity index (χ1) is 29.7. The fourth-order valence-corrected chi connectivity index (χ4v) is 6.29. The lowest BCUT2D eigenvalue weighted by atomic mass is 9.98. The molecule has 1 fully saturated rings. The molecule has 0 aliphatic carbocycles. The molecule has 1 aliphatic heterocycles. The number of carbonyl (C=O) groups is 9. The highest BCUT2D eigenvalue weighted by Crippen LogP contribution is 2.30. The molecule has 21 nitrogen and oxygen atoms in total. The minimum Gasteiger partial charge on any atom is -0.508 e. The van der Waals surface area contributed by atoms with E-state index in [2.05, 4.69) is 21.3 Å². The van der Waals surface area contributed by atoms with E-state index in [1.807, 2.05) is 0 Å². The second-order valence-electron chi connectivity index (χ2n) is 15.0. The van der Waals surface area contributed by atoms with Gasteiger partial charge in [0.2, 0.25) is 36.0 Å². The number of ether oxygens (including phenoxy) is 6. The Labute approximate surface area is 363 Å². The Bertz CT molecular complexity index is 1930. The van der Waals surface area contributed by atoms with E-state index in [0.29, 0.717) is 11.1 Å². The van der Waals surface area contributed by atoms with Gasteiger partial charge in [0.05, 0.1) is 19.1 Å². The smallest absolute Gasteiger partial charge is 0.328 e. The van der Waals surface area contributed by atoms with Crippen LogP contribution in [0.2, 0.25) is 0 Å². The van der Waals surface area contributed by atoms with Crippen molar-refractivity contribution in [1.29, 1.82) is 0 Å². The molecule has 0 radical (unpaired) electrons. The third kappa shape index (κ3) is 17.7. The largest absolute Gasteiger partial charge is 0.508 e. The maximum Gasteiger partial charge on any atom is 0.328 e. The van der Waals surface area contributed by atoms with Crippen molar-refractivity contribution >= 4 is 53.5 Å². The minimum absolute atomic E-state index is 0.0382. The molecule has 1 saturated heterocycles. The van der Waals surface area contributed by atoms with Gasteiger partial charge in [0.1, 0.15) is 30.5 Å². The molecule has 7 N–H and O–H groups in total. The Hall–Kier alpha value is -6.61. The fourth-order valence-electron chi connectivity index (χ4n) is 6.29. The van der Waals surface area contributed by atoms with Gasteiger partial charge >= 0.3 is 29.8 Å². The van der Waals surface area contributed by atoms with Crippen LogP contribution < -0.4 is 27.0 Å². The van der Waals surface area contributed by atoms with Gasteiger partial charge in [0.25, 0.3) is 0 Å². The van der Waals surface area contributed by atoms with E-state index < -0.39 is 122 Å². The van der Waals surface area contributed by atoms with Crippen LogP contribution in [0.25, 0.3) is 0 Å². The topological polar surface area (TPSA) is 303 Å². The highest BCUT2D eigenvalue weighted by molar-refractivity contribution is 5.93. The maximum atomic E-state index is 13.9. The second-order valence-corrected chi connectivity index (χ2v) is 15.0. The summed E-state index contributed by atoms with van der Waals surface area (Å²) in [5, 5.41) is 19.4. The summed E-state index contributed by atoms with van der Waals surface area (Å²) in [4.78, 5) is 114. The molecular weight excluding hydrogens is 830 g/mol. The van der Waals surface area contributed by atoms with Gasteiger partial charge in [0, 0.05) is 34.1 Å². The molecule has 0 unspecified atom stereocenters. The zero-order valence-corrected chi connectivity index (χ0v) is 35.8. The van der Waals surface area contributed by atoms with Crippen molar-refractivity contribution in [3.8, 4) is 5.75 Å². The molecule has 1 aliphatic rings. The number of rotatable bonds is 21. The lowest BCUT2D eigenvalue weighted by Gasteiger charge is -2.43. The number of carbonyl (C=O) groups excluding carboxylic acids is 9. The third-order valence-corrected chi connectivity index (χ3v) is 9.01. The highest BCUT2D eigenvalue weighted by atomic mass is 16.7. The second kappa shape index (κ2) is 24.7. The predicted octanol–water partition coefficient (Wildman–Crippen LogP) is -0.621. The number of esters is 5. The molecule has 2 aromatic carbocycles. The summed E-state index contributed by atoms with van der Waals surface area (Å²) in [6, 6.07) is 11.1. The van der Waals surface area contributed by atoms with Gasteiger partial charge in [-0.15, -0.1) is 0 Å². The Morgan fingerprint density at radius 3 is 1.79 bits per heavy atom. The third-order valence-electron chi connectivity index (χ3n) is 9.01. The quantitative estimate of drug-likeness (QED) is 0.0672. The highest BCUT2D eigenvalue weighted by Gasteiger charge is 2.53. The number of amides is 4. The van der Waals surface area contributed by atoms with Crippen LogP contribution in [0, 0.1) is 5.92 Å². The van der Waals surface area contributed by atoms with Crippen LogP contribution in [-0.4, -0.2) is 127 Å². The van der Waals surface area contributed by atoms with Crippen molar-refractivity contribution in [2.45, 2.75) is 110 Å². The van der Waals surface area contributed by atoms with E-state index >= 15 is 0 Å². The van der Waals surface area contributed by atoms with E-state index in [-0.39, 0.29) is 30.9 Å². The summed E-state index contributed by atoms with van der Waals surface area (Å²) in [7, 11) is 0. The molecule has 0 aromatic heterocycles. The van der Waals surface area contributed by atoms with Gasteiger partial charge in [-0.2, -0.15) is 0 Å². The van der Waals surface area contributed by atoms with Crippen molar-refractivity contribution in [3.05, 3.63) is 65.7 Å². The first kappa shape index (κ1) is 50.7. The lowest BCUT2D eigenvalue weighted by Crippen LogP contribution is -2.63. The van der Waals surface area contributed by atoms with Crippen LogP contribution in [0.1, 0.15) is 59.1 Å². The van der Waals surface area contributed by atoms with Gasteiger partial charge < -0.3 is 60.5 Å². The predicted molar refractivity (Wildman–Crippen MR) is 217 cm³/mol. The number of nitrogens with two attached hydrogens (primary N) is 1. The summed E-state index contributed by atoms with van der Waals surface area (Å²) in [5.74, 6) is -7.59. The average molecular weight is 886 g/mol. The van der Waals surface area contributed by atoms with E-state index in [9.17, 15) is 48.3 Å². The summed E-state index contributed by atoms with van der Waals surface area (Å²) >= 11 is 0. The standard InChI is InChI=1S/C42H55N5O16/c1-22(2)16-32(41(57)58-21-33-36(59-23(3)48)37(60-24(4)49)38(61-25(5)50)42(63-33)62-26(6)51)47-40(56)31(18-27-10-8-7-9-11-27)46-35(54)20-44-34(53)19-45-39(55)30(43)17-28-12-14-29(52)15-13-28/h7-15,22,30-33,36-38,42,52H,16-21,43H2,1-6H3,(H,44,53)(H,45,55)(H,46,54)(H,47,56)/t30-,31-,32-,33+,36+,37-,38+,42+/m0/s1. The zero-order chi connectivity index (χ0) is 46.8. The molecule has 21 heteroatoms. The van der Waals surface area contributed by atoms with Gasteiger partial charge in [0.15, 0.2) is 12.2 Å². The number of phenolic OH excluding ortho intramolecular Hbond substituents is 1. The van der Waals surface area contributed by atoms with Crippen LogP contribution in [-0.2, 0) is 84.4 Å². The van der Waals surface area contributed by atoms with Crippen LogP contribution >= 0.6 is 0 Å². The first-order valence-corrected chi connectivity index (χ1v) is 19.9. The number of phenols is 1. The number of benzene rings is 2. The molecule has 1 heterocycles. The summed E-state index contributed by atoms with van der Waals surface area (Å²) in [5.41, 5.74) is 7.27. The number of aromatic hydroxyl groups is 1.